The molecule has 4 rings (SSSR count). The number of hydrogen-bond acceptors (Lipinski definition) is 1. The van der Waals surface area contributed by atoms with Gasteiger partial charge in [-0.25, -0.2) is 13.2 Å². The Hall–Kier alpha value is -3.41. The number of hydrogen-bond donors (Lipinski definition) is 0. The summed E-state index contributed by atoms with van der Waals surface area (Å²) in [5.41, 5.74) is 3.00. The predicted molar refractivity (Wildman–Crippen MR) is 115 cm³/mol. The van der Waals surface area contributed by atoms with Crippen LogP contribution in [0.2, 0.25) is 0 Å². The zero-order valence-corrected chi connectivity index (χ0v) is 17.1. The van der Waals surface area contributed by atoms with Crippen molar-refractivity contribution in [3.05, 3.63) is 89.7 Å². The summed E-state index contributed by atoms with van der Waals surface area (Å²) in [6, 6.07) is 18.0. The minimum atomic E-state index is -3.38. The Kier molecular flexibility index (Phi) is 6.12. The highest BCUT2D eigenvalue weighted by Crippen LogP contribution is 2.35. The van der Waals surface area contributed by atoms with Crippen molar-refractivity contribution in [2.45, 2.75) is 26.4 Å². The molecule has 0 saturated heterocycles. The number of ether oxygens (including phenoxy) is 1. The molecule has 4 aromatic carbocycles. The van der Waals surface area contributed by atoms with Gasteiger partial charge in [0.1, 0.15) is 5.82 Å². The summed E-state index contributed by atoms with van der Waals surface area (Å²) in [5.74, 6) is -4.52. The predicted octanol–water partition coefficient (Wildman–Crippen LogP) is 8.15. The van der Waals surface area contributed by atoms with Crippen molar-refractivity contribution < 1.29 is 26.7 Å². The highest BCUT2D eigenvalue weighted by Gasteiger charge is 2.19. The molecule has 0 aliphatic heterocycles. The summed E-state index contributed by atoms with van der Waals surface area (Å²) in [5, 5.41) is 0.905. The Morgan fingerprint density at radius 1 is 0.750 bits per heavy atom. The van der Waals surface area contributed by atoms with Crippen molar-refractivity contribution in [2.75, 3.05) is 0 Å². The van der Waals surface area contributed by atoms with Gasteiger partial charge < -0.3 is 4.74 Å². The van der Waals surface area contributed by atoms with Crippen molar-refractivity contribution in [2.24, 2.45) is 0 Å². The molecule has 0 fully saturated rings. The van der Waals surface area contributed by atoms with Gasteiger partial charge in [0.25, 0.3) is 0 Å². The number of benzene rings is 4. The van der Waals surface area contributed by atoms with Crippen LogP contribution in [0, 0.1) is 17.5 Å². The van der Waals surface area contributed by atoms with Crippen LogP contribution in [0.1, 0.15) is 18.9 Å². The monoisotopic (exact) mass is 442 g/mol. The maximum absolute atomic E-state index is 15.2. The van der Waals surface area contributed by atoms with Crippen LogP contribution in [0.4, 0.5) is 22.0 Å². The van der Waals surface area contributed by atoms with Crippen LogP contribution in [0.15, 0.2) is 66.7 Å². The molecule has 0 saturated carbocycles. The van der Waals surface area contributed by atoms with Gasteiger partial charge in [0.2, 0.25) is 0 Å². The molecular weight excluding hydrogens is 423 g/mol. The van der Waals surface area contributed by atoms with Crippen molar-refractivity contribution >= 4 is 10.8 Å². The van der Waals surface area contributed by atoms with Crippen LogP contribution in [0.25, 0.3) is 33.0 Å². The first kappa shape index (κ1) is 21.8. The van der Waals surface area contributed by atoms with Crippen LogP contribution < -0.4 is 4.74 Å². The maximum Gasteiger partial charge on any atom is 0.387 e. The van der Waals surface area contributed by atoms with E-state index < -0.39 is 29.8 Å². The summed E-state index contributed by atoms with van der Waals surface area (Å²) in [6.45, 7) is -1.26. The lowest BCUT2D eigenvalue weighted by Gasteiger charge is -2.12. The van der Waals surface area contributed by atoms with Gasteiger partial charge in [0.05, 0.1) is 0 Å². The number of halogens is 5. The summed E-state index contributed by atoms with van der Waals surface area (Å²) in [7, 11) is 0. The van der Waals surface area contributed by atoms with Crippen molar-refractivity contribution in [3.63, 3.8) is 0 Å². The zero-order chi connectivity index (χ0) is 22.8. The lowest BCUT2D eigenvalue weighted by molar-refractivity contribution is -0.0546. The molecule has 0 atom stereocenters. The van der Waals surface area contributed by atoms with Gasteiger partial charge in [-0.2, -0.15) is 8.78 Å². The second-order valence-corrected chi connectivity index (χ2v) is 7.46. The average molecular weight is 442 g/mol. The molecule has 0 aromatic heterocycles. The Morgan fingerprint density at radius 3 is 2.03 bits per heavy atom. The van der Waals surface area contributed by atoms with E-state index in [4.69, 9.17) is 0 Å². The highest BCUT2D eigenvalue weighted by molar-refractivity contribution is 5.91. The molecule has 0 radical (unpaired) electrons. The first-order chi connectivity index (χ1) is 15.4. The number of fused-ring (bicyclic) bond motifs is 1. The van der Waals surface area contributed by atoms with E-state index in [1.807, 2.05) is 18.2 Å². The molecule has 0 aliphatic carbocycles. The van der Waals surface area contributed by atoms with E-state index in [0.717, 1.165) is 36.1 Å². The van der Waals surface area contributed by atoms with Gasteiger partial charge >= 0.3 is 6.61 Å². The molecule has 32 heavy (non-hydrogen) atoms. The number of aryl methyl sites for hydroxylation is 1. The van der Waals surface area contributed by atoms with Crippen LogP contribution in [0.3, 0.4) is 0 Å². The van der Waals surface area contributed by atoms with E-state index in [0.29, 0.717) is 5.39 Å². The van der Waals surface area contributed by atoms with Gasteiger partial charge in [-0.1, -0.05) is 61.9 Å². The van der Waals surface area contributed by atoms with E-state index in [2.05, 4.69) is 23.8 Å². The third kappa shape index (κ3) is 4.31. The van der Waals surface area contributed by atoms with E-state index in [1.54, 1.807) is 18.2 Å². The van der Waals surface area contributed by atoms with Crippen LogP contribution >= 0.6 is 0 Å². The van der Waals surface area contributed by atoms with Crippen LogP contribution in [-0.4, -0.2) is 6.61 Å². The molecule has 6 heteroatoms. The molecule has 0 spiro atoms. The van der Waals surface area contributed by atoms with E-state index in [-0.39, 0.29) is 16.5 Å². The second-order valence-electron chi connectivity index (χ2n) is 7.46. The molecule has 0 aliphatic rings. The van der Waals surface area contributed by atoms with Gasteiger partial charge in [-0.3, -0.25) is 0 Å². The molecule has 0 bridgehead atoms. The maximum atomic E-state index is 15.2. The Labute approximate surface area is 182 Å². The first-order valence-corrected chi connectivity index (χ1v) is 10.1. The standard InChI is InChI=1S/C26H19F5O/c1-2-3-15-4-6-16(7-5-15)17-8-10-20-18(12-17)9-11-21(24(20)29)19-13-22(27)25(23(28)14-19)32-26(30)31/h4-14,26H,2-3H2,1H3. The molecule has 0 heterocycles. The minimum absolute atomic E-state index is 0.0458. The van der Waals surface area contributed by atoms with Gasteiger partial charge in [0.15, 0.2) is 17.4 Å². The minimum Gasteiger partial charge on any atom is -0.429 e. The molecular formula is C26H19F5O. The van der Waals surface area contributed by atoms with Gasteiger partial charge in [-0.15, -0.1) is 0 Å². The normalized spacial score (nSPS) is 11.3. The quantitative estimate of drug-likeness (QED) is 0.274. The summed E-state index contributed by atoms with van der Waals surface area (Å²) >= 11 is 0. The van der Waals surface area contributed by atoms with Crippen molar-refractivity contribution in [1.82, 2.24) is 0 Å². The molecule has 0 N–H and O–H groups in total. The lowest BCUT2D eigenvalue weighted by Crippen LogP contribution is -2.06. The highest BCUT2D eigenvalue weighted by atomic mass is 19.3. The summed E-state index contributed by atoms with van der Waals surface area (Å²) in [6.07, 6.45) is 2.06. The molecule has 0 unspecified atom stereocenters. The Morgan fingerprint density at radius 2 is 1.41 bits per heavy atom. The van der Waals surface area contributed by atoms with Crippen molar-refractivity contribution in [1.29, 1.82) is 0 Å². The fourth-order valence-electron chi connectivity index (χ4n) is 3.76. The fraction of sp³-hybridized carbons (Fsp3) is 0.154. The smallest absolute Gasteiger partial charge is 0.387 e. The topological polar surface area (TPSA) is 9.23 Å². The molecule has 164 valence electrons. The average Bonchev–Trinajstić information content (AvgIpc) is 2.77. The fourth-order valence-corrected chi connectivity index (χ4v) is 3.76. The molecule has 1 nitrogen and oxygen atoms in total. The second kappa shape index (κ2) is 8.99. The third-order valence-electron chi connectivity index (χ3n) is 5.30. The first-order valence-electron chi connectivity index (χ1n) is 10.1. The van der Waals surface area contributed by atoms with E-state index in [1.165, 1.54) is 11.6 Å². The molecule has 0 amide bonds. The Bertz CT molecular complexity index is 1240. The van der Waals surface area contributed by atoms with Crippen LogP contribution in [0.5, 0.6) is 5.75 Å². The summed E-state index contributed by atoms with van der Waals surface area (Å²) in [4.78, 5) is 0. The van der Waals surface area contributed by atoms with Gasteiger partial charge in [0, 0.05) is 10.9 Å². The Balaban J connectivity index is 1.71. The SMILES string of the molecule is CCCc1ccc(-c2ccc3c(F)c(-c4cc(F)c(OC(F)F)c(F)c4)ccc3c2)cc1. The zero-order valence-electron chi connectivity index (χ0n) is 17.1. The van der Waals surface area contributed by atoms with Gasteiger partial charge in [-0.05, 0) is 52.3 Å². The molecule has 4 aromatic rings. The summed E-state index contributed by atoms with van der Waals surface area (Å²) < 4.78 is 71.9. The van der Waals surface area contributed by atoms with Crippen LogP contribution in [-0.2, 0) is 6.42 Å². The van der Waals surface area contributed by atoms with E-state index in [9.17, 15) is 17.6 Å². The largest absolute Gasteiger partial charge is 0.429 e. The number of alkyl halides is 2. The number of rotatable bonds is 6. The third-order valence-corrected chi connectivity index (χ3v) is 5.30. The lowest BCUT2D eigenvalue weighted by atomic mass is 9.96. The van der Waals surface area contributed by atoms with E-state index >= 15 is 4.39 Å². The van der Waals surface area contributed by atoms with Crippen molar-refractivity contribution in [3.8, 4) is 28.0 Å².